The van der Waals surface area contributed by atoms with Crippen molar-refractivity contribution in [2.45, 2.75) is 43.9 Å². The topological polar surface area (TPSA) is 81.4 Å². The number of aryl methyl sites for hydroxylation is 2. The van der Waals surface area contributed by atoms with Crippen LogP contribution in [-0.4, -0.2) is 35.9 Å². The molecule has 0 radical (unpaired) electrons. The van der Waals surface area contributed by atoms with Crippen LogP contribution in [0.5, 0.6) is 5.75 Å². The molecule has 4 aromatic rings. The van der Waals surface area contributed by atoms with E-state index in [1.54, 1.807) is 60.0 Å². The second-order valence-electron chi connectivity index (χ2n) is 8.70. The quantitative estimate of drug-likeness (QED) is 0.385. The number of fused-ring (bicyclic) bond motifs is 3. The molecule has 3 aromatic carbocycles. The van der Waals surface area contributed by atoms with Crippen molar-refractivity contribution in [1.82, 2.24) is 9.55 Å². The lowest BCUT2D eigenvalue weighted by Crippen LogP contribution is -2.10. The molecule has 2 unspecified atom stereocenters. The highest BCUT2D eigenvalue weighted by molar-refractivity contribution is 7.90. The summed E-state index contributed by atoms with van der Waals surface area (Å²) in [7, 11) is -3.02. The lowest BCUT2D eigenvalue weighted by molar-refractivity contribution is -0.0507. The molecule has 0 bridgehead atoms. The number of benzene rings is 3. The Hall–Kier alpha value is -3.37. The third kappa shape index (κ3) is 5.24. The zero-order valence-electron chi connectivity index (χ0n) is 19.8. The Balaban J connectivity index is 0.000000233. The largest absolute Gasteiger partial charge is 0.434 e. The number of sulfone groups is 1. The molecule has 190 valence electrons. The van der Waals surface area contributed by atoms with Crippen LogP contribution in [0.2, 0.25) is 0 Å². The van der Waals surface area contributed by atoms with E-state index in [2.05, 4.69) is 9.72 Å². The number of imidazole rings is 1. The normalized spacial score (nSPS) is 17.1. The molecule has 36 heavy (non-hydrogen) atoms. The minimum absolute atomic E-state index is 0.0585. The van der Waals surface area contributed by atoms with Gasteiger partial charge in [0.25, 0.3) is 0 Å². The van der Waals surface area contributed by atoms with E-state index < -0.39 is 28.6 Å². The fourth-order valence-corrected chi connectivity index (χ4v) is 4.86. The predicted octanol–water partition coefficient (Wildman–Crippen LogP) is 5.51. The van der Waals surface area contributed by atoms with Gasteiger partial charge in [0.2, 0.25) is 0 Å². The van der Waals surface area contributed by atoms with Crippen LogP contribution in [-0.2, 0) is 9.84 Å². The average molecular weight is 519 g/mol. The molecule has 0 saturated carbocycles. The van der Waals surface area contributed by atoms with Crippen LogP contribution in [0, 0.1) is 19.7 Å². The Labute approximate surface area is 206 Å². The highest BCUT2D eigenvalue weighted by Gasteiger charge is 2.35. The Bertz CT molecular complexity index is 1500. The third-order valence-corrected chi connectivity index (χ3v) is 7.13. The Morgan fingerprint density at radius 2 is 1.75 bits per heavy atom. The van der Waals surface area contributed by atoms with Crippen molar-refractivity contribution in [3.05, 3.63) is 89.0 Å². The summed E-state index contributed by atoms with van der Waals surface area (Å²) in [6, 6.07) is 15.9. The van der Waals surface area contributed by atoms with E-state index in [4.69, 9.17) is 0 Å². The highest BCUT2D eigenvalue weighted by Crippen LogP contribution is 2.44. The maximum absolute atomic E-state index is 13.8. The standard InChI is InChI=1S/C18H15F3N2O2.C8H10O2S/c1-9-6-14-12(7-11(9)19)22-17-15(24)8-13(23(14)17)10-4-2-3-5-16(10)25-18(20)21;1-7-3-5-8(6-4-7)11(2,9)10/h2-7,13,15,18,24H,8H2,1H3;3-6H,1-2H3. The Morgan fingerprint density at radius 1 is 1.08 bits per heavy atom. The van der Waals surface area contributed by atoms with Gasteiger partial charge >= 0.3 is 6.61 Å². The highest BCUT2D eigenvalue weighted by atomic mass is 32.2. The van der Waals surface area contributed by atoms with Gasteiger partial charge in [-0.1, -0.05) is 35.9 Å². The van der Waals surface area contributed by atoms with E-state index in [0.29, 0.717) is 32.9 Å². The number of alkyl halides is 2. The molecule has 1 N–H and O–H groups in total. The first-order valence-electron chi connectivity index (χ1n) is 11.1. The summed E-state index contributed by atoms with van der Waals surface area (Å²) >= 11 is 0. The zero-order chi connectivity index (χ0) is 26.2. The van der Waals surface area contributed by atoms with E-state index in [-0.39, 0.29) is 18.0 Å². The number of hydrogen-bond acceptors (Lipinski definition) is 5. The van der Waals surface area contributed by atoms with Gasteiger partial charge in [0.15, 0.2) is 9.84 Å². The first-order chi connectivity index (χ1) is 17.0. The summed E-state index contributed by atoms with van der Waals surface area (Å²) in [5.41, 5.74) is 3.13. The lowest BCUT2D eigenvalue weighted by Gasteiger charge is -2.18. The molecule has 0 amide bonds. The fourth-order valence-electron chi connectivity index (χ4n) is 4.23. The van der Waals surface area contributed by atoms with Crippen molar-refractivity contribution < 1.29 is 31.4 Å². The van der Waals surface area contributed by atoms with Crippen molar-refractivity contribution in [3.8, 4) is 5.75 Å². The minimum Gasteiger partial charge on any atom is -0.434 e. The van der Waals surface area contributed by atoms with E-state index in [1.165, 1.54) is 18.4 Å². The molecule has 2 atom stereocenters. The van der Waals surface area contributed by atoms with Gasteiger partial charge in [-0.15, -0.1) is 0 Å². The number of aliphatic hydroxyl groups is 1. The summed E-state index contributed by atoms with van der Waals surface area (Å²) in [5, 5.41) is 10.4. The van der Waals surface area contributed by atoms with Crippen molar-refractivity contribution in [1.29, 1.82) is 0 Å². The van der Waals surface area contributed by atoms with Gasteiger partial charge in [0.05, 0.1) is 22.0 Å². The number of aromatic nitrogens is 2. The number of rotatable bonds is 4. The van der Waals surface area contributed by atoms with E-state index in [1.807, 2.05) is 6.92 Å². The summed E-state index contributed by atoms with van der Waals surface area (Å²) in [6.07, 6.45) is 0.635. The number of aliphatic hydroxyl groups excluding tert-OH is 1. The third-order valence-electron chi connectivity index (χ3n) is 6.00. The Kier molecular flexibility index (Phi) is 7.10. The van der Waals surface area contributed by atoms with Gasteiger partial charge in [-0.05, 0) is 43.7 Å². The summed E-state index contributed by atoms with van der Waals surface area (Å²) in [5.74, 6) is 0.0804. The molecule has 1 aliphatic rings. The Morgan fingerprint density at radius 3 is 2.39 bits per heavy atom. The van der Waals surface area contributed by atoms with Gasteiger partial charge < -0.3 is 14.4 Å². The predicted molar refractivity (Wildman–Crippen MR) is 130 cm³/mol. The number of ether oxygens (including phenoxy) is 1. The molecule has 1 aliphatic heterocycles. The summed E-state index contributed by atoms with van der Waals surface area (Å²) in [4.78, 5) is 4.70. The molecule has 6 nitrogen and oxygen atoms in total. The molecule has 0 fully saturated rings. The molecule has 1 aromatic heterocycles. The second kappa shape index (κ2) is 9.94. The van der Waals surface area contributed by atoms with Gasteiger partial charge in [0.1, 0.15) is 23.5 Å². The number of nitrogens with zero attached hydrogens (tertiary/aromatic N) is 2. The van der Waals surface area contributed by atoms with Crippen LogP contribution in [0.3, 0.4) is 0 Å². The van der Waals surface area contributed by atoms with Crippen LogP contribution < -0.4 is 4.74 Å². The van der Waals surface area contributed by atoms with Gasteiger partial charge in [-0.3, -0.25) is 0 Å². The van der Waals surface area contributed by atoms with Crippen molar-refractivity contribution in [2.75, 3.05) is 6.26 Å². The molecule has 0 aliphatic carbocycles. The van der Waals surface area contributed by atoms with Crippen LogP contribution in [0.4, 0.5) is 13.2 Å². The molecule has 0 saturated heterocycles. The van der Waals surface area contributed by atoms with Gasteiger partial charge in [-0.2, -0.15) is 8.78 Å². The van der Waals surface area contributed by atoms with Crippen LogP contribution in [0.15, 0.2) is 65.6 Å². The number of hydrogen-bond donors (Lipinski definition) is 1. The maximum atomic E-state index is 13.8. The van der Waals surface area contributed by atoms with Crippen molar-refractivity contribution in [3.63, 3.8) is 0 Å². The second-order valence-corrected chi connectivity index (χ2v) is 10.7. The molecule has 10 heteroatoms. The van der Waals surface area contributed by atoms with Gasteiger partial charge in [-0.25, -0.2) is 17.8 Å². The van der Waals surface area contributed by atoms with Crippen molar-refractivity contribution in [2.24, 2.45) is 0 Å². The molecular weight excluding hydrogens is 493 g/mol. The molecule has 0 spiro atoms. The summed E-state index contributed by atoms with van der Waals surface area (Å²) in [6.45, 7) is 0.623. The van der Waals surface area contributed by atoms with Crippen LogP contribution in [0.25, 0.3) is 11.0 Å². The maximum Gasteiger partial charge on any atom is 0.387 e. The minimum atomic E-state index is -3.02. The van der Waals surface area contributed by atoms with E-state index in [9.17, 15) is 26.7 Å². The summed E-state index contributed by atoms with van der Waals surface area (Å²) < 4.78 is 67.6. The van der Waals surface area contributed by atoms with Crippen molar-refractivity contribution >= 4 is 20.9 Å². The first kappa shape index (κ1) is 25.7. The molecular formula is C26H25F3N2O4S. The molecule has 2 heterocycles. The van der Waals surface area contributed by atoms with Crippen LogP contribution in [0.1, 0.15) is 41.1 Å². The lowest BCUT2D eigenvalue weighted by atomic mass is 10.0. The average Bonchev–Trinajstić information content (AvgIpc) is 3.31. The number of para-hydroxylation sites is 1. The smallest absolute Gasteiger partial charge is 0.387 e. The van der Waals surface area contributed by atoms with E-state index >= 15 is 0 Å². The van der Waals surface area contributed by atoms with Crippen LogP contribution >= 0.6 is 0 Å². The molecule has 5 rings (SSSR count). The van der Waals surface area contributed by atoms with E-state index in [0.717, 1.165) is 5.56 Å². The SMILES string of the molecule is Cc1cc2c(cc1F)nc1n2C(c2ccccc2OC(F)F)CC1O.Cc1ccc(S(C)(=O)=O)cc1. The monoisotopic (exact) mass is 518 g/mol. The van der Waals surface area contributed by atoms with Gasteiger partial charge in [0, 0.05) is 24.3 Å². The zero-order valence-corrected chi connectivity index (χ0v) is 20.6. The fraction of sp³-hybridized carbons (Fsp3) is 0.269. The first-order valence-corrected chi connectivity index (χ1v) is 13.0. The number of halogens is 3.